The maximum absolute atomic E-state index is 5.55. The first kappa shape index (κ1) is 26.9. The predicted molar refractivity (Wildman–Crippen MR) is 133 cm³/mol. The van der Waals surface area contributed by atoms with Crippen LogP contribution >= 0.6 is 24.0 Å². The molecular weight excluding hydrogens is 495 g/mol. The number of aliphatic imine (C=N–C) groups is 1. The zero-order valence-electron chi connectivity index (χ0n) is 18.7. The molecule has 0 saturated carbocycles. The van der Waals surface area contributed by atoms with Crippen LogP contribution in [0.4, 0.5) is 0 Å². The number of rotatable bonds is 12. The van der Waals surface area contributed by atoms with Crippen molar-refractivity contribution in [2.24, 2.45) is 4.99 Å². The first-order chi connectivity index (χ1) is 14.3. The van der Waals surface area contributed by atoms with E-state index in [1.807, 2.05) is 19.1 Å². The fourth-order valence-corrected chi connectivity index (χ4v) is 3.35. The first-order valence-electron chi connectivity index (χ1n) is 10.8. The Balaban J connectivity index is 0.00000450. The molecular formula is C22H39IN4O3. The average molecular weight is 534 g/mol. The number of unbranched alkanes of at least 4 members (excludes halogenated alkanes) is 1. The number of hydrogen-bond acceptors (Lipinski definition) is 5. The highest BCUT2D eigenvalue weighted by atomic mass is 127. The average Bonchev–Trinajstić information content (AvgIpc) is 2.77. The lowest BCUT2D eigenvalue weighted by atomic mass is 10.0. The highest BCUT2D eigenvalue weighted by Gasteiger charge is 2.22. The van der Waals surface area contributed by atoms with Crippen molar-refractivity contribution < 1.29 is 14.2 Å². The van der Waals surface area contributed by atoms with Gasteiger partial charge in [-0.2, -0.15) is 0 Å². The molecule has 0 bridgehead atoms. The summed E-state index contributed by atoms with van der Waals surface area (Å²) >= 11 is 0. The molecule has 1 aliphatic rings. The smallest absolute Gasteiger partial charge is 0.191 e. The van der Waals surface area contributed by atoms with E-state index in [1.54, 1.807) is 7.11 Å². The lowest BCUT2D eigenvalue weighted by Crippen LogP contribution is -2.42. The largest absolute Gasteiger partial charge is 0.497 e. The monoisotopic (exact) mass is 534 g/mol. The summed E-state index contributed by atoms with van der Waals surface area (Å²) in [5, 5.41) is 6.80. The molecule has 1 saturated heterocycles. The molecule has 1 aromatic carbocycles. The van der Waals surface area contributed by atoms with E-state index in [1.165, 1.54) is 5.56 Å². The standard InChI is InChI=1S/C22H38N4O3.HI/c1-4-23-22(24-12-6-7-15-28-5-2)25-18-21(26-13-16-29-17-14-26)19-8-10-20(27-3)11-9-19;/h8-11,21H,4-7,12-18H2,1-3H3,(H2,23,24,25);1H. The maximum atomic E-state index is 5.55. The van der Waals surface area contributed by atoms with Crippen LogP contribution in [0.5, 0.6) is 5.75 Å². The van der Waals surface area contributed by atoms with E-state index in [0.29, 0.717) is 6.54 Å². The van der Waals surface area contributed by atoms with E-state index in [4.69, 9.17) is 19.2 Å². The summed E-state index contributed by atoms with van der Waals surface area (Å²) in [6.07, 6.45) is 2.12. The molecule has 2 N–H and O–H groups in total. The summed E-state index contributed by atoms with van der Waals surface area (Å²) < 4.78 is 16.3. The number of halogens is 1. The Morgan fingerprint density at radius 3 is 2.50 bits per heavy atom. The van der Waals surface area contributed by atoms with Crippen LogP contribution in [0.3, 0.4) is 0 Å². The van der Waals surface area contributed by atoms with Crippen molar-refractivity contribution in [3.8, 4) is 5.75 Å². The van der Waals surface area contributed by atoms with Gasteiger partial charge in [0.25, 0.3) is 0 Å². The van der Waals surface area contributed by atoms with Crippen LogP contribution in [0.25, 0.3) is 0 Å². The van der Waals surface area contributed by atoms with Gasteiger partial charge in [0.1, 0.15) is 5.75 Å². The van der Waals surface area contributed by atoms with Gasteiger partial charge >= 0.3 is 0 Å². The van der Waals surface area contributed by atoms with Gasteiger partial charge in [-0.3, -0.25) is 9.89 Å². The predicted octanol–water partition coefficient (Wildman–Crippen LogP) is 3.06. The third kappa shape index (κ3) is 9.80. The quantitative estimate of drug-likeness (QED) is 0.186. The maximum Gasteiger partial charge on any atom is 0.191 e. The number of hydrogen-bond donors (Lipinski definition) is 2. The molecule has 30 heavy (non-hydrogen) atoms. The van der Waals surface area contributed by atoms with Crippen molar-refractivity contribution in [3.05, 3.63) is 29.8 Å². The summed E-state index contributed by atoms with van der Waals surface area (Å²) in [6, 6.07) is 8.55. The fraction of sp³-hybridized carbons (Fsp3) is 0.682. The lowest BCUT2D eigenvalue weighted by Gasteiger charge is -2.34. The van der Waals surface area contributed by atoms with Crippen LogP contribution in [-0.2, 0) is 9.47 Å². The Kier molecular flexibility index (Phi) is 14.9. The summed E-state index contributed by atoms with van der Waals surface area (Å²) in [7, 11) is 1.70. The second kappa shape index (κ2) is 16.6. The molecule has 0 spiro atoms. The third-order valence-corrected chi connectivity index (χ3v) is 4.97. The first-order valence-corrected chi connectivity index (χ1v) is 10.8. The van der Waals surface area contributed by atoms with Crippen LogP contribution < -0.4 is 15.4 Å². The van der Waals surface area contributed by atoms with Gasteiger partial charge in [0.2, 0.25) is 0 Å². The molecule has 8 heteroatoms. The SMILES string of the molecule is CCNC(=NCC(c1ccc(OC)cc1)N1CCOCC1)NCCCCOCC.I. The number of morpholine rings is 1. The highest BCUT2D eigenvalue weighted by molar-refractivity contribution is 14.0. The van der Waals surface area contributed by atoms with Gasteiger partial charge in [-0.15, -0.1) is 24.0 Å². The molecule has 2 rings (SSSR count). The van der Waals surface area contributed by atoms with Crippen molar-refractivity contribution >= 4 is 29.9 Å². The minimum absolute atomic E-state index is 0. The van der Waals surface area contributed by atoms with Crippen molar-refractivity contribution in [2.45, 2.75) is 32.7 Å². The molecule has 0 radical (unpaired) electrons. The molecule has 0 aliphatic carbocycles. The zero-order chi connectivity index (χ0) is 20.7. The van der Waals surface area contributed by atoms with Gasteiger partial charge in [0, 0.05) is 39.4 Å². The van der Waals surface area contributed by atoms with Crippen LogP contribution in [0.15, 0.2) is 29.3 Å². The molecule has 1 heterocycles. The van der Waals surface area contributed by atoms with Crippen LogP contribution in [-0.4, -0.2) is 77.1 Å². The van der Waals surface area contributed by atoms with Crippen LogP contribution in [0.1, 0.15) is 38.3 Å². The van der Waals surface area contributed by atoms with Crippen LogP contribution in [0, 0.1) is 0 Å². The molecule has 1 fully saturated rings. The van der Waals surface area contributed by atoms with Crippen LogP contribution in [0.2, 0.25) is 0 Å². The van der Waals surface area contributed by atoms with Crippen molar-refractivity contribution in [1.82, 2.24) is 15.5 Å². The molecule has 1 aliphatic heterocycles. The van der Waals surface area contributed by atoms with Crippen molar-refractivity contribution in [3.63, 3.8) is 0 Å². The Labute approximate surface area is 199 Å². The van der Waals surface area contributed by atoms with E-state index in [-0.39, 0.29) is 30.0 Å². The van der Waals surface area contributed by atoms with E-state index in [0.717, 1.165) is 77.2 Å². The van der Waals surface area contributed by atoms with Gasteiger partial charge in [-0.1, -0.05) is 12.1 Å². The molecule has 0 amide bonds. The Morgan fingerprint density at radius 2 is 1.87 bits per heavy atom. The Morgan fingerprint density at radius 1 is 1.13 bits per heavy atom. The van der Waals surface area contributed by atoms with Gasteiger partial charge in [0.05, 0.1) is 32.9 Å². The van der Waals surface area contributed by atoms with E-state index >= 15 is 0 Å². The highest BCUT2D eigenvalue weighted by Crippen LogP contribution is 2.24. The van der Waals surface area contributed by atoms with Gasteiger partial charge < -0.3 is 24.8 Å². The number of benzene rings is 1. The van der Waals surface area contributed by atoms with Crippen molar-refractivity contribution in [2.75, 3.05) is 66.3 Å². The number of methoxy groups -OCH3 is 1. The molecule has 0 aromatic heterocycles. The molecule has 172 valence electrons. The topological polar surface area (TPSA) is 67.4 Å². The van der Waals surface area contributed by atoms with Crippen molar-refractivity contribution in [1.29, 1.82) is 0 Å². The number of ether oxygens (including phenoxy) is 3. The lowest BCUT2D eigenvalue weighted by molar-refractivity contribution is 0.0179. The number of nitrogens with one attached hydrogen (secondary N) is 2. The zero-order valence-corrected chi connectivity index (χ0v) is 21.0. The molecule has 1 aromatic rings. The van der Waals surface area contributed by atoms with E-state index in [9.17, 15) is 0 Å². The Bertz CT molecular complexity index is 580. The number of guanidine groups is 1. The number of nitrogens with zero attached hydrogens (tertiary/aromatic N) is 2. The minimum atomic E-state index is 0. The van der Waals surface area contributed by atoms with Gasteiger partial charge in [-0.05, 0) is 44.4 Å². The molecule has 1 unspecified atom stereocenters. The van der Waals surface area contributed by atoms with Gasteiger partial charge in [0.15, 0.2) is 5.96 Å². The molecule has 7 nitrogen and oxygen atoms in total. The summed E-state index contributed by atoms with van der Waals surface area (Å²) in [4.78, 5) is 7.35. The second-order valence-electron chi connectivity index (χ2n) is 6.99. The third-order valence-electron chi connectivity index (χ3n) is 4.97. The van der Waals surface area contributed by atoms with E-state index < -0.39 is 0 Å². The normalized spacial score (nSPS) is 15.9. The summed E-state index contributed by atoms with van der Waals surface area (Å²) in [5.74, 6) is 1.75. The second-order valence-corrected chi connectivity index (χ2v) is 6.99. The fourth-order valence-electron chi connectivity index (χ4n) is 3.35. The molecule has 1 atom stereocenters. The van der Waals surface area contributed by atoms with Gasteiger partial charge in [-0.25, -0.2) is 0 Å². The summed E-state index contributed by atoms with van der Waals surface area (Å²) in [5.41, 5.74) is 1.25. The van der Waals surface area contributed by atoms with E-state index in [2.05, 4.69) is 34.6 Å². The minimum Gasteiger partial charge on any atom is -0.497 e. The summed E-state index contributed by atoms with van der Waals surface area (Å²) in [6.45, 7) is 11.6. The Hall–Kier alpha value is -1.10.